The maximum Gasteiger partial charge on any atom is 0.288 e. The van der Waals surface area contributed by atoms with Gasteiger partial charge in [-0.05, 0) is 13.8 Å². The number of nitrogens with zero attached hydrogens (tertiary/aromatic N) is 2. The Morgan fingerprint density at radius 3 is 2.67 bits per heavy atom. The van der Waals surface area contributed by atoms with Crippen LogP contribution in [0.3, 0.4) is 0 Å². The topological polar surface area (TPSA) is 137 Å². The van der Waals surface area contributed by atoms with Crippen LogP contribution in [0.25, 0.3) is 0 Å². The van der Waals surface area contributed by atoms with E-state index in [1.165, 1.54) is 0 Å². The van der Waals surface area contributed by atoms with E-state index in [0.29, 0.717) is 6.54 Å². The van der Waals surface area contributed by atoms with E-state index >= 15 is 0 Å². The fourth-order valence-electron chi connectivity index (χ4n) is 1.19. The average molecular weight is 253 g/mol. The number of nitrogens with one attached hydrogen (secondary N) is 1. The van der Waals surface area contributed by atoms with Gasteiger partial charge >= 0.3 is 0 Å². The molecule has 0 unspecified atom stereocenters. The summed E-state index contributed by atoms with van der Waals surface area (Å²) in [6, 6.07) is 1.08. The van der Waals surface area contributed by atoms with Crippen LogP contribution in [0.5, 0.6) is 0 Å². The first kappa shape index (κ1) is 13.8. The van der Waals surface area contributed by atoms with Crippen molar-refractivity contribution in [1.29, 1.82) is 0 Å². The highest BCUT2D eigenvalue weighted by atomic mass is 16.6. The highest BCUT2D eigenvalue weighted by Gasteiger charge is 2.18. The Hall–Kier alpha value is -2.22. The summed E-state index contributed by atoms with van der Waals surface area (Å²) in [6.07, 6.45) is 1.05. The van der Waals surface area contributed by atoms with E-state index in [1.54, 1.807) is 13.8 Å². The first-order valence-electron chi connectivity index (χ1n) is 5.18. The van der Waals surface area contributed by atoms with Crippen LogP contribution in [-0.4, -0.2) is 27.9 Å². The van der Waals surface area contributed by atoms with Crippen molar-refractivity contribution < 1.29 is 9.72 Å². The number of nitrogens with two attached hydrogens (primary N) is 2. The van der Waals surface area contributed by atoms with Crippen molar-refractivity contribution in [3.63, 3.8) is 0 Å². The average Bonchev–Trinajstić information content (AvgIpc) is 2.24. The van der Waals surface area contributed by atoms with E-state index in [2.05, 4.69) is 10.3 Å². The second-order valence-corrected chi connectivity index (χ2v) is 4.55. The van der Waals surface area contributed by atoms with Gasteiger partial charge in [-0.3, -0.25) is 14.9 Å². The third-order valence-electron chi connectivity index (χ3n) is 2.06. The van der Waals surface area contributed by atoms with Gasteiger partial charge in [0, 0.05) is 18.2 Å². The number of carbonyl (C=O) groups is 1. The number of amides is 1. The molecule has 8 heteroatoms. The van der Waals surface area contributed by atoms with Crippen molar-refractivity contribution in [2.24, 2.45) is 11.5 Å². The molecule has 0 fully saturated rings. The number of nitro groups is 1. The highest BCUT2D eigenvalue weighted by Crippen LogP contribution is 2.19. The van der Waals surface area contributed by atoms with E-state index in [-0.39, 0.29) is 17.1 Å². The lowest BCUT2D eigenvalue weighted by atomic mass is 10.1. The predicted molar refractivity (Wildman–Crippen MR) is 66.2 cm³/mol. The minimum Gasteiger partial charge on any atom is -0.368 e. The predicted octanol–water partition coefficient (Wildman–Crippen LogP) is 0.238. The van der Waals surface area contributed by atoms with E-state index < -0.39 is 16.4 Å². The minimum atomic E-state index is -0.788. The van der Waals surface area contributed by atoms with E-state index in [9.17, 15) is 14.9 Å². The van der Waals surface area contributed by atoms with E-state index in [1.807, 2.05) is 0 Å². The lowest BCUT2D eigenvalue weighted by Gasteiger charge is -2.20. The van der Waals surface area contributed by atoms with E-state index in [0.717, 1.165) is 12.3 Å². The van der Waals surface area contributed by atoms with Crippen molar-refractivity contribution in [3.05, 3.63) is 27.9 Å². The number of pyridine rings is 1. The molecule has 18 heavy (non-hydrogen) atoms. The second kappa shape index (κ2) is 4.96. The molecule has 0 aliphatic carbocycles. The van der Waals surface area contributed by atoms with Gasteiger partial charge in [0.15, 0.2) is 0 Å². The molecule has 98 valence electrons. The molecule has 1 amide bonds. The zero-order valence-corrected chi connectivity index (χ0v) is 10.1. The number of rotatable bonds is 5. The summed E-state index contributed by atoms with van der Waals surface area (Å²) < 4.78 is 0. The number of carbonyl (C=O) groups excluding carboxylic acids is 1. The Morgan fingerprint density at radius 2 is 2.22 bits per heavy atom. The van der Waals surface area contributed by atoms with Crippen molar-refractivity contribution in [1.82, 2.24) is 4.98 Å². The van der Waals surface area contributed by atoms with Gasteiger partial charge in [0.25, 0.3) is 11.6 Å². The van der Waals surface area contributed by atoms with Crippen LogP contribution >= 0.6 is 0 Å². The fraction of sp³-hybridized carbons (Fsp3) is 0.400. The van der Waals surface area contributed by atoms with Gasteiger partial charge in [0.05, 0.1) is 10.5 Å². The van der Waals surface area contributed by atoms with Crippen molar-refractivity contribution >= 4 is 17.4 Å². The molecule has 1 heterocycles. The van der Waals surface area contributed by atoms with Gasteiger partial charge in [-0.25, -0.2) is 4.98 Å². The molecule has 0 saturated heterocycles. The summed E-state index contributed by atoms with van der Waals surface area (Å²) >= 11 is 0. The maximum atomic E-state index is 11.2. The molecule has 0 saturated carbocycles. The van der Waals surface area contributed by atoms with Crippen LogP contribution in [-0.2, 0) is 0 Å². The molecule has 0 aliphatic heterocycles. The first-order valence-corrected chi connectivity index (χ1v) is 5.18. The third kappa shape index (κ3) is 3.67. The summed E-state index contributed by atoms with van der Waals surface area (Å²) in [7, 11) is 0. The van der Waals surface area contributed by atoms with Crippen LogP contribution in [0.1, 0.15) is 24.2 Å². The number of aromatic nitrogens is 1. The monoisotopic (exact) mass is 253 g/mol. The fourth-order valence-corrected chi connectivity index (χ4v) is 1.19. The zero-order chi connectivity index (χ0) is 13.9. The summed E-state index contributed by atoms with van der Waals surface area (Å²) in [6.45, 7) is 3.92. The number of hydrogen-bond donors (Lipinski definition) is 3. The van der Waals surface area contributed by atoms with Crippen LogP contribution in [0.15, 0.2) is 12.3 Å². The van der Waals surface area contributed by atoms with Crippen molar-refractivity contribution in [3.8, 4) is 0 Å². The SMILES string of the molecule is CC(C)(N)CNc1ncc([N+](=O)[O-])cc1C(N)=O. The molecule has 5 N–H and O–H groups in total. The Kier molecular flexibility index (Phi) is 3.82. The van der Waals surface area contributed by atoms with E-state index in [4.69, 9.17) is 11.5 Å². The van der Waals surface area contributed by atoms with Gasteiger partial charge in [-0.1, -0.05) is 0 Å². The third-order valence-corrected chi connectivity index (χ3v) is 2.06. The minimum absolute atomic E-state index is 0.0338. The number of primary amides is 1. The molecule has 0 radical (unpaired) electrons. The molecule has 8 nitrogen and oxygen atoms in total. The number of hydrogen-bond acceptors (Lipinski definition) is 6. The van der Waals surface area contributed by atoms with Gasteiger partial charge in [0.1, 0.15) is 12.0 Å². The molecule has 0 bridgehead atoms. The summed E-state index contributed by atoms with van der Waals surface area (Å²) in [5, 5.41) is 13.4. The van der Waals surface area contributed by atoms with Crippen molar-refractivity contribution in [2.45, 2.75) is 19.4 Å². The molecular weight excluding hydrogens is 238 g/mol. The summed E-state index contributed by atoms with van der Waals surface area (Å²) in [5.41, 5.74) is 10.1. The van der Waals surface area contributed by atoms with Gasteiger partial charge in [-0.2, -0.15) is 0 Å². The Bertz CT molecular complexity index is 481. The molecular formula is C10H15N5O3. The highest BCUT2D eigenvalue weighted by molar-refractivity contribution is 5.98. The molecule has 1 aromatic heterocycles. The Labute approximate surface area is 104 Å². The van der Waals surface area contributed by atoms with Gasteiger partial charge in [-0.15, -0.1) is 0 Å². The molecule has 0 aliphatic rings. The first-order chi connectivity index (χ1) is 8.20. The quantitative estimate of drug-likeness (QED) is 0.507. The summed E-state index contributed by atoms with van der Waals surface area (Å²) in [4.78, 5) is 25.0. The lowest BCUT2D eigenvalue weighted by molar-refractivity contribution is -0.385. The van der Waals surface area contributed by atoms with Gasteiger partial charge in [0.2, 0.25) is 0 Å². The summed E-state index contributed by atoms with van der Waals surface area (Å²) in [5.74, 6) is -0.602. The molecule has 0 spiro atoms. The molecule has 1 rings (SSSR count). The molecule has 0 atom stereocenters. The zero-order valence-electron chi connectivity index (χ0n) is 10.1. The smallest absolute Gasteiger partial charge is 0.288 e. The second-order valence-electron chi connectivity index (χ2n) is 4.55. The van der Waals surface area contributed by atoms with Crippen LogP contribution < -0.4 is 16.8 Å². The Balaban J connectivity index is 3.05. The molecule has 1 aromatic rings. The Morgan fingerprint density at radius 1 is 1.61 bits per heavy atom. The standard InChI is InChI=1S/C10H15N5O3/c1-10(2,12)5-14-9-7(8(11)16)3-6(4-13-9)15(17)18/h3-4H,5,12H2,1-2H3,(H2,11,16)(H,13,14). The van der Waals surface area contributed by atoms with Crippen LogP contribution in [0.4, 0.5) is 11.5 Å². The number of anilines is 1. The van der Waals surface area contributed by atoms with Crippen LogP contribution in [0, 0.1) is 10.1 Å². The van der Waals surface area contributed by atoms with Gasteiger partial charge < -0.3 is 16.8 Å². The maximum absolute atomic E-state index is 11.2. The van der Waals surface area contributed by atoms with Crippen LogP contribution in [0.2, 0.25) is 0 Å². The molecule has 0 aromatic carbocycles. The normalized spacial score (nSPS) is 11.1. The van der Waals surface area contributed by atoms with Crippen molar-refractivity contribution in [2.75, 3.05) is 11.9 Å². The lowest BCUT2D eigenvalue weighted by Crippen LogP contribution is -2.40. The largest absolute Gasteiger partial charge is 0.368 e.